The van der Waals surface area contributed by atoms with E-state index in [0.29, 0.717) is 0 Å². The molecule has 0 amide bonds. The lowest BCUT2D eigenvalue weighted by Crippen LogP contribution is -2.48. The minimum atomic E-state index is -3.57. The van der Waals surface area contributed by atoms with Crippen LogP contribution < -0.4 is 4.72 Å². The third kappa shape index (κ3) is 2.93. The Morgan fingerprint density at radius 2 is 2.20 bits per heavy atom. The largest absolute Gasteiger partial charge is 0.335 e. The maximum absolute atomic E-state index is 11.8. The minimum absolute atomic E-state index is 0.0351. The first-order valence-electron chi connectivity index (χ1n) is 4.42. The molecule has 0 aliphatic heterocycles. The average molecular weight is 252 g/mol. The summed E-state index contributed by atoms with van der Waals surface area (Å²) in [5.74, 6) is 0. The molecule has 86 valence electrons. The van der Waals surface area contributed by atoms with E-state index in [1.807, 2.05) is 0 Å². The molecule has 1 aromatic rings. The standard InChI is InChI=1S/C8H14ClN3O2S/c1-6(9)8(2,3)12-15(13,14)7-4-10-5-11-7/h4-6,12H,1-3H3,(H,10,11). The first kappa shape index (κ1) is 12.5. The molecule has 1 unspecified atom stereocenters. The second kappa shape index (κ2) is 4.11. The number of hydrogen-bond acceptors (Lipinski definition) is 3. The zero-order chi connectivity index (χ0) is 11.7. The minimum Gasteiger partial charge on any atom is -0.335 e. The fourth-order valence-corrected chi connectivity index (χ4v) is 2.38. The van der Waals surface area contributed by atoms with Crippen molar-refractivity contribution in [3.05, 3.63) is 12.5 Å². The van der Waals surface area contributed by atoms with Crippen molar-refractivity contribution in [3.8, 4) is 0 Å². The SMILES string of the molecule is CC(Cl)C(C)(C)NS(=O)(=O)c1cnc[nH]1. The quantitative estimate of drug-likeness (QED) is 0.787. The molecular weight excluding hydrogens is 238 g/mol. The van der Waals surface area contributed by atoms with E-state index in [9.17, 15) is 8.42 Å². The molecule has 1 aromatic heterocycles. The van der Waals surface area contributed by atoms with Gasteiger partial charge >= 0.3 is 0 Å². The van der Waals surface area contributed by atoms with Gasteiger partial charge in [-0.1, -0.05) is 0 Å². The van der Waals surface area contributed by atoms with E-state index in [4.69, 9.17) is 11.6 Å². The van der Waals surface area contributed by atoms with Crippen LogP contribution in [-0.4, -0.2) is 29.3 Å². The van der Waals surface area contributed by atoms with Crippen molar-refractivity contribution in [3.63, 3.8) is 0 Å². The van der Waals surface area contributed by atoms with Crippen molar-refractivity contribution in [1.82, 2.24) is 14.7 Å². The van der Waals surface area contributed by atoms with E-state index >= 15 is 0 Å². The monoisotopic (exact) mass is 251 g/mol. The van der Waals surface area contributed by atoms with Gasteiger partial charge in [-0.05, 0) is 20.8 Å². The van der Waals surface area contributed by atoms with Gasteiger partial charge in [0, 0.05) is 10.9 Å². The molecule has 15 heavy (non-hydrogen) atoms. The van der Waals surface area contributed by atoms with Crippen LogP contribution in [0.2, 0.25) is 0 Å². The van der Waals surface area contributed by atoms with Gasteiger partial charge in [0.2, 0.25) is 0 Å². The van der Waals surface area contributed by atoms with Crippen molar-refractivity contribution in [2.24, 2.45) is 0 Å². The second-order valence-electron chi connectivity index (χ2n) is 3.86. The maximum Gasteiger partial charge on any atom is 0.258 e. The number of hydrogen-bond donors (Lipinski definition) is 2. The summed E-state index contributed by atoms with van der Waals surface area (Å²) in [6.07, 6.45) is 2.56. The summed E-state index contributed by atoms with van der Waals surface area (Å²) in [6, 6.07) is 0. The number of aromatic amines is 1. The van der Waals surface area contributed by atoms with Crippen molar-refractivity contribution in [1.29, 1.82) is 0 Å². The van der Waals surface area contributed by atoms with E-state index in [1.54, 1.807) is 20.8 Å². The Morgan fingerprint density at radius 3 is 2.60 bits per heavy atom. The number of sulfonamides is 1. The zero-order valence-electron chi connectivity index (χ0n) is 8.78. The van der Waals surface area contributed by atoms with E-state index in [0.717, 1.165) is 0 Å². The summed E-state index contributed by atoms with van der Waals surface area (Å²) in [6.45, 7) is 5.17. The fourth-order valence-electron chi connectivity index (χ4n) is 0.873. The third-order valence-electron chi connectivity index (χ3n) is 2.15. The molecule has 0 saturated heterocycles. The number of nitrogens with zero attached hydrogens (tertiary/aromatic N) is 1. The molecule has 0 bridgehead atoms. The van der Waals surface area contributed by atoms with Crippen LogP contribution in [0, 0.1) is 0 Å². The van der Waals surface area contributed by atoms with Crippen LogP contribution in [0.25, 0.3) is 0 Å². The highest BCUT2D eigenvalue weighted by atomic mass is 35.5. The smallest absolute Gasteiger partial charge is 0.258 e. The van der Waals surface area contributed by atoms with Gasteiger partial charge in [-0.2, -0.15) is 0 Å². The van der Waals surface area contributed by atoms with Gasteiger partial charge in [-0.15, -0.1) is 11.6 Å². The number of halogens is 1. The molecule has 2 N–H and O–H groups in total. The van der Waals surface area contributed by atoms with Gasteiger partial charge in [0.05, 0.1) is 12.5 Å². The van der Waals surface area contributed by atoms with Crippen molar-refractivity contribution >= 4 is 21.6 Å². The Labute approximate surface area is 94.3 Å². The fraction of sp³-hybridized carbons (Fsp3) is 0.625. The molecule has 1 atom stereocenters. The molecule has 5 nitrogen and oxygen atoms in total. The average Bonchev–Trinajstić information content (AvgIpc) is 2.53. The summed E-state index contributed by atoms with van der Waals surface area (Å²) in [7, 11) is -3.57. The lowest BCUT2D eigenvalue weighted by molar-refractivity contribution is 0.444. The van der Waals surface area contributed by atoms with Crippen molar-refractivity contribution in [2.75, 3.05) is 0 Å². The number of imidazole rings is 1. The van der Waals surface area contributed by atoms with Crippen LogP contribution in [0.15, 0.2) is 17.6 Å². The Bertz CT molecular complexity index is 411. The van der Waals surface area contributed by atoms with E-state index < -0.39 is 15.6 Å². The van der Waals surface area contributed by atoms with Crippen molar-refractivity contribution in [2.45, 2.75) is 36.7 Å². The summed E-state index contributed by atoms with van der Waals surface area (Å²) >= 11 is 5.88. The lowest BCUT2D eigenvalue weighted by Gasteiger charge is -2.27. The highest BCUT2D eigenvalue weighted by Crippen LogP contribution is 2.17. The van der Waals surface area contributed by atoms with Crippen LogP contribution >= 0.6 is 11.6 Å². The van der Waals surface area contributed by atoms with Crippen LogP contribution in [0.1, 0.15) is 20.8 Å². The molecule has 0 saturated carbocycles. The number of rotatable bonds is 4. The third-order valence-corrected chi connectivity index (χ3v) is 4.30. The summed E-state index contributed by atoms with van der Waals surface area (Å²) in [5, 5.41) is -0.289. The Kier molecular flexibility index (Phi) is 3.42. The van der Waals surface area contributed by atoms with Gasteiger partial charge in [0.25, 0.3) is 10.0 Å². The first-order valence-corrected chi connectivity index (χ1v) is 6.34. The topological polar surface area (TPSA) is 74.8 Å². The number of nitrogens with one attached hydrogen (secondary N) is 2. The van der Waals surface area contributed by atoms with Crippen molar-refractivity contribution < 1.29 is 8.42 Å². The maximum atomic E-state index is 11.8. The number of H-pyrrole nitrogens is 1. The Hall–Kier alpha value is -0.590. The molecule has 0 aromatic carbocycles. The molecule has 1 rings (SSSR count). The predicted molar refractivity (Wildman–Crippen MR) is 58.3 cm³/mol. The normalized spacial score (nSPS) is 15.2. The van der Waals surface area contributed by atoms with E-state index in [-0.39, 0.29) is 10.4 Å². The molecule has 0 fully saturated rings. The zero-order valence-corrected chi connectivity index (χ0v) is 10.4. The molecule has 0 aliphatic rings. The van der Waals surface area contributed by atoms with Gasteiger partial charge in [0.15, 0.2) is 5.03 Å². The summed E-state index contributed by atoms with van der Waals surface area (Å²) < 4.78 is 26.0. The molecule has 0 radical (unpaired) electrons. The molecule has 7 heteroatoms. The van der Waals surface area contributed by atoms with Gasteiger partial charge in [0.1, 0.15) is 0 Å². The molecule has 1 heterocycles. The number of alkyl halides is 1. The predicted octanol–water partition coefficient (Wildman–Crippen LogP) is 1.09. The molecular formula is C8H14ClN3O2S. The molecule has 0 spiro atoms. The van der Waals surface area contributed by atoms with E-state index in [1.165, 1.54) is 12.5 Å². The second-order valence-corrected chi connectivity index (χ2v) is 6.16. The van der Waals surface area contributed by atoms with Gasteiger partial charge in [-0.3, -0.25) is 0 Å². The summed E-state index contributed by atoms with van der Waals surface area (Å²) in [4.78, 5) is 6.19. The Balaban J connectivity index is 2.92. The number of aromatic nitrogens is 2. The van der Waals surface area contributed by atoms with Gasteiger partial charge < -0.3 is 4.98 Å². The van der Waals surface area contributed by atoms with Crippen LogP contribution in [0.5, 0.6) is 0 Å². The Morgan fingerprint density at radius 1 is 1.60 bits per heavy atom. The first-order chi connectivity index (χ1) is 6.76. The van der Waals surface area contributed by atoms with Gasteiger partial charge in [-0.25, -0.2) is 18.1 Å². The van der Waals surface area contributed by atoms with E-state index in [2.05, 4.69) is 14.7 Å². The van der Waals surface area contributed by atoms with Crippen LogP contribution in [0.3, 0.4) is 0 Å². The highest BCUT2D eigenvalue weighted by Gasteiger charge is 2.30. The lowest BCUT2D eigenvalue weighted by atomic mass is 10.0. The van der Waals surface area contributed by atoms with Crippen LogP contribution in [-0.2, 0) is 10.0 Å². The summed E-state index contributed by atoms with van der Waals surface area (Å²) in [5.41, 5.74) is -0.717. The van der Waals surface area contributed by atoms with Crippen LogP contribution in [0.4, 0.5) is 0 Å². The molecule has 0 aliphatic carbocycles. The highest BCUT2D eigenvalue weighted by molar-refractivity contribution is 7.89.